The molecule has 0 aliphatic heterocycles. The predicted octanol–water partition coefficient (Wildman–Crippen LogP) is 3.32. The molecule has 4 rings (SSSR count). The number of para-hydroxylation sites is 1. The lowest BCUT2D eigenvalue weighted by molar-refractivity contribution is -0.119. The second kappa shape index (κ2) is 10.9. The van der Waals surface area contributed by atoms with E-state index in [-0.39, 0.29) is 17.9 Å². The highest BCUT2D eigenvalue weighted by Gasteiger charge is 2.14. The Morgan fingerprint density at radius 1 is 0.971 bits per heavy atom. The molecule has 0 fully saturated rings. The molecule has 0 saturated carbocycles. The Balaban J connectivity index is 1.49. The van der Waals surface area contributed by atoms with E-state index in [2.05, 4.69) is 15.8 Å². The number of nitrogens with zero attached hydrogens (tertiary/aromatic N) is 2. The maximum atomic E-state index is 13.2. The Hall–Kier alpha value is -4.11. The molecule has 0 unspecified atom stereocenters. The summed E-state index contributed by atoms with van der Waals surface area (Å²) in [6, 6.07) is 21.5. The molecule has 178 valence electrons. The number of carbonyl (C=O) groups excluding carboxylic acids is 2. The first-order chi connectivity index (χ1) is 16.9. The van der Waals surface area contributed by atoms with Crippen molar-refractivity contribution >= 4 is 34.5 Å². The number of methoxy groups -OCH3 is 1. The van der Waals surface area contributed by atoms with Crippen LogP contribution in [-0.4, -0.2) is 34.2 Å². The third-order valence-corrected chi connectivity index (χ3v) is 6.26. The van der Waals surface area contributed by atoms with E-state index in [1.54, 1.807) is 42.0 Å². The summed E-state index contributed by atoms with van der Waals surface area (Å²) in [4.78, 5) is 42.5. The zero-order chi connectivity index (χ0) is 24.8. The van der Waals surface area contributed by atoms with Gasteiger partial charge in [0.05, 0.1) is 30.3 Å². The standard InChI is InChI=1S/C26H24N4O4S/c1-17-7-11-19(12-8-17)24(32)29-28-23(31)16-35-26-27-22-6-4-3-5-21(22)25(33)30(26)15-18-9-13-20(34-2)14-10-18/h3-14H,15-16H2,1-2H3,(H,28,31)(H,29,32). The van der Waals surface area contributed by atoms with Crippen LogP contribution in [0.1, 0.15) is 21.5 Å². The molecule has 1 aromatic heterocycles. The highest BCUT2D eigenvalue weighted by Crippen LogP contribution is 2.20. The molecule has 3 aromatic carbocycles. The highest BCUT2D eigenvalue weighted by molar-refractivity contribution is 7.99. The fourth-order valence-corrected chi connectivity index (χ4v) is 4.18. The fraction of sp³-hybridized carbons (Fsp3) is 0.154. The van der Waals surface area contributed by atoms with Gasteiger partial charge in [-0.1, -0.05) is 53.7 Å². The number of aryl methyl sites for hydroxylation is 1. The summed E-state index contributed by atoms with van der Waals surface area (Å²) in [7, 11) is 1.59. The van der Waals surface area contributed by atoms with Gasteiger partial charge in [0.25, 0.3) is 11.5 Å². The first-order valence-electron chi connectivity index (χ1n) is 10.9. The van der Waals surface area contributed by atoms with Crippen LogP contribution in [0.25, 0.3) is 10.9 Å². The summed E-state index contributed by atoms with van der Waals surface area (Å²) in [5.41, 5.74) is 7.54. The van der Waals surface area contributed by atoms with Crippen molar-refractivity contribution in [2.45, 2.75) is 18.6 Å². The number of aromatic nitrogens is 2. The Bertz CT molecular complexity index is 1420. The van der Waals surface area contributed by atoms with Gasteiger partial charge in [0.2, 0.25) is 5.91 Å². The predicted molar refractivity (Wildman–Crippen MR) is 136 cm³/mol. The smallest absolute Gasteiger partial charge is 0.269 e. The van der Waals surface area contributed by atoms with Crippen LogP contribution in [0.3, 0.4) is 0 Å². The van der Waals surface area contributed by atoms with Gasteiger partial charge < -0.3 is 4.74 Å². The van der Waals surface area contributed by atoms with E-state index in [0.717, 1.165) is 28.6 Å². The summed E-state index contributed by atoms with van der Waals surface area (Å²) < 4.78 is 6.75. The van der Waals surface area contributed by atoms with Crippen molar-refractivity contribution in [2.24, 2.45) is 0 Å². The minimum Gasteiger partial charge on any atom is -0.497 e. The number of hydrazine groups is 1. The van der Waals surface area contributed by atoms with Crippen molar-refractivity contribution in [3.05, 3.63) is 99.8 Å². The molecule has 2 amide bonds. The monoisotopic (exact) mass is 488 g/mol. The lowest BCUT2D eigenvalue weighted by Gasteiger charge is -2.14. The average Bonchev–Trinajstić information content (AvgIpc) is 2.88. The molecule has 0 spiro atoms. The highest BCUT2D eigenvalue weighted by atomic mass is 32.2. The first-order valence-corrected chi connectivity index (χ1v) is 11.8. The van der Waals surface area contributed by atoms with E-state index in [1.807, 2.05) is 49.4 Å². The van der Waals surface area contributed by atoms with Crippen molar-refractivity contribution in [3.8, 4) is 5.75 Å². The zero-order valence-electron chi connectivity index (χ0n) is 19.3. The summed E-state index contributed by atoms with van der Waals surface area (Å²) in [5, 5.41) is 0.907. The van der Waals surface area contributed by atoms with Crippen LogP contribution in [0.5, 0.6) is 5.75 Å². The number of nitrogens with one attached hydrogen (secondary N) is 2. The Morgan fingerprint density at radius 2 is 1.69 bits per heavy atom. The quantitative estimate of drug-likeness (QED) is 0.235. The molecule has 4 aromatic rings. The van der Waals surface area contributed by atoms with Crippen molar-refractivity contribution in [3.63, 3.8) is 0 Å². The van der Waals surface area contributed by atoms with Crippen molar-refractivity contribution in [1.82, 2.24) is 20.4 Å². The van der Waals surface area contributed by atoms with E-state index >= 15 is 0 Å². The van der Waals surface area contributed by atoms with Gasteiger partial charge in [-0.3, -0.25) is 29.8 Å². The van der Waals surface area contributed by atoms with Gasteiger partial charge in [0.15, 0.2) is 5.16 Å². The number of hydrogen-bond donors (Lipinski definition) is 2. The van der Waals surface area contributed by atoms with Crippen LogP contribution in [0.2, 0.25) is 0 Å². The lowest BCUT2D eigenvalue weighted by atomic mass is 10.1. The molecular weight excluding hydrogens is 464 g/mol. The molecule has 8 nitrogen and oxygen atoms in total. The molecule has 0 radical (unpaired) electrons. The van der Waals surface area contributed by atoms with Gasteiger partial charge in [-0.15, -0.1) is 0 Å². The molecule has 1 heterocycles. The number of benzene rings is 3. The third-order valence-electron chi connectivity index (χ3n) is 5.29. The number of fused-ring (bicyclic) bond motifs is 1. The topological polar surface area (TPSA) is 102 Å². The Morgan fingerprint density at radius 3 is 2.40 bits per heavy atom. The van der Waals surface area contributed by atoms with Crippen molar-refractivity contribution in [1.29, 1.82) is 0 Å². The number of thioether (sulfide) groups is 1. The summed E-state index contributed by atoms with van der Waals surface area (Å²) in [6.45, 7) is 2.21. The number of carbonyl (C=O) groups is 2. The number of rotatable bonds is 7. The number of ether oxygens (including phenoxy) is 1. The largest absolute Gasteiger partial charge is 0.497 e. The Kier molecular flexibility index (Phi) is 7.47. The van der Waals surface area contributed by atoms with Crippen LogP contribution in [0.4, 0.5) is 0 Å². The second-order valence-electron chi connectivity index (χ2n) is 7.81. The van der Waals surface area contributed by atoms with Crippen molar-refractivity contribution in [2.75, 3.05) is 12.9 Å². The number of amides is 2. The fourth-order valence-electron chi connectivity index (χ4n) is 3.38. The van der Waals surface area contributed by atoms with Gasteiger partial charge >= 0.3 is 0 Å². The van der Waals surface area contributed by atoms with E-state index in [1.165, 1.54) is 0 Å². The Labute approximate surface area is 206 Å². The average molecular weight is 489 g/mol. The summed E-state index contributed by atoms with van der Waals surface area (Å²) >= 11 is 1.12. The molecule has 0 saturated heterocycles. The maximum Gasteiger partial charge on any atom is 0.269 e. The van der Waals surface area contributed by atoms with E-state index in [0.29, 0.717) is 21.6 Å². The first kappa shape index (κ1) is 24.0. The molecular formula is C26H24N4O4S. The zero-order valence-corrected chi connectivity index (χ0v) is 20.1. The molecule has 0 atom stereocenters. The van der Waals surface area contributed by atoms with Gasteiger partial charge in [0.1, 0.15) is 5.75 Å². The second-order valence-corrected chi connectivity index (χ2v) is 8.75. The molecule has 2 N–H and O–H groups in total. The van der Waals surface area contributed by atoms with E-state index in [4.69, 9.17) is 4.74 Å². The van der Waals surface area contributed by atoms with Gasteiger partial charge in [-0.25, -0.2) is 4.98 Å². The van der Waals surface area contributed by atoms with Crippen LogP contribution >= 0.6 is 11.8 Å². The summed E-state index contributed by atoms with van der Waals surface area (Å²) in [6.07, 6.45) is 0. The van der Waals surface area contributed by atoms with Gasteiger partial charge in [-0.2, -0.15) is 0 Å². The normalized spacial score (nSPS) is 10.7. The van der Waals surface area contributed by atoms with Crippen LogP contribution < -0.4 is 21.1 Å². The van der Waals surface area contributed by atoms with Crippen molar-refractivity contribution < 1.29 is 14.3 Å². The van der Waals surface area contributed by atoms with Crippen LogP contribution in [-0.2, 0) is 11.3 Å². The van der Waals surface area contributed by atoms with E-state index in [9.17, 15) is 14.4 Å². The SMILES string of the molecule is COc1ccc(Cn2c(SCC(=O)NNC(=O)c3ccc(C)cc3)nc3ccccc3c2=O)cc1. The summed E-state index contributed by atoms with van der Waals surface area (Å²) in [5.74, 6) is -0.157. The third kappa shape index (κ3) is 5.88. The van der Waals surface area contributed by atoms with Crippen LogP contribution in [0.15, 0.2) is 82.7 Å². The van der Waals surface area contributed by atoms with Gasteiger partial charge in [-0.05, 0) is 48.9 Å². The molecule has 0 aliphatic rings. The maximum absolute atomic E-state index is 13.2. The molecule has 35 heavy (non-hydrogen) atoms. The molecule has 0 bridgehead atoms. The molecule has 9 heteroatoms. The number of hydrogen-bond acceptors (Lipinski definition) is 6. The van der Waals surface area contributed by atoms with Gasteiger partial charge in [0, 0.05) is 5.56 Å². The van der Waals surface area contributed by atoms with E-state index < -0.39 is 11.8 Å². The minimum atomic E-state index is -0.422. The molecule has 0 aliphatic carbocycles. The lowest BCUT2D eigenvalue weighted by Crippen LogP contribution is -2.42. The minimum absolute atomic E-state index is 0.0401. The van der Waals surface area contributed by atoms with Crippen LogP contribution in [0, 0.1) is 6.92 Å².